The summed E-state index contributed by atoms with van der Waals surface area (Å²) in [5.74, 6) is -1.50. The summed E-state index contributed by atoms with van der Waals surface area (Å²) in [6, 6.07) is 14.4. The highest BCUT2D eigenvalue weighted by atomic mass is 32.1. The molecular weight excluding hydrogens is 401 g/mol. The highest BCUT2D eigenvalue weighted by Gasteiger charge is 2.30. The molecule has 0 radical (unpaired) electrons. The monoisotopic (exact) mass is 414 g/mol. The van der Waals surface area contributed by atoms with E-state index in [1.807, 2.05) is 24.3 Å². The van der Waals surface area contributed by atoms with Crippen LogP contribution >= 0.6 is 11.3 Å². The van der Waals surface area contributed by atoms with Crippen molar-refractivity contribution in [1.29, 1.82) is 0 Å². The zero-order valence-corrected chi connectivity index (χ0v) is 15.6. The molecule has 1 N–H and O–H groups in total. The van der Waals surface area contributed by atoms with Crippen LogP contribution in [0.2, 0.25) is 0 Å². The smallest absolute Gasteiger partial charge is 0.416 e. The molecule has 2 heterocycles. The van der Waals surface area contributed by atoms with Crippen LogP contribution < -0.4 is 0 Å². The van der Waals surface area contributed by atoms with Crippen molar-refractivity contribution < 1.29 is 23.1 Å². The van der Waals surface area contributed by atoms with Crippen molar-refractivity contribution in [2.45, 2.75) is 12.6 Å². The summed E-state index contributed by atoms with van der Waals surface area (Å²) in [5, 5.41) is 10.0. The molecule has 146 valence electrons. The Morgan fingerprint density at radius 3 is 2.62 bits per heavy atom. The van der Waals surface area contributed by atoms with Gasteiger partial charge in [-0.3, -0.25) is 0 Å². The number of carboxylic acid groups (broad SMARTS) is 1. The third kappa shape index (κ3) is 3.97. The molecule has 0 fully saturated rings. The Morgan fingerprint density at radius 1 is 1.07 bits per heavy atom. The molecule has 2 aromatic carbocycles. The molecule has 0 amide bonds. The zero-order valence-electron chi connectivity index (χ0n) is 14.8. The van der Waals surface area contributed by atoms with E-state index in [9.17, 15) is 18.0 Å². The molecule has 4 aromatic rings. The van der Waals surface area contributed by atoms with Crippen LogP contribution in [0, 0.1) is 0 Å². The fraction of sp³-hybridized carbons (Fsp3) is 0.0952. The molecule has 0 aliphatic rings. The Morgan fingerprint density at radius 2 is 1.86 bits per heavy atom. The Bertz CT molecular complexity index is 1220. The lowest BCUT2D eigenvalue weighted by molar-refractivity contribution is -0.137. The van der Waals surface area contributed by atoms with Crippen LogP contribution in [-0.2, 0) is 12.6 Å². The van der Waals surface area contributed by atoms with Gasteiger partial charge in [-0.15, -0.1) is 11.3 Å². The fourth-order valence-electron chi connectivity index (χ4n) is 3.08. The van der Waals surface area contributed by atoms with E-state index in [2.05, 4.69) is 9.97 Å². The topological polar surface area (TPSA) is 63.1 Å². The summed E-state index contributed by atoms with van der Waals surface area (Å²) >= 11 is 1.45. The molecule has 0 atom stereocenters. The second-order valence-corrected chi connectivity index (χ2v) is 7.52. The maximum Gasteiger partial charge on any atom is 0.416 e. The van der Waals surface area contributed by atoms with Crippen LogP contribution in [0.3, 0.4) is 0 Å². The first-order valence-electron chi connectivity index (χ1n) is 8.55. The van der Waals surface area contributed by atoms with Gasteiger partial charge in [-0.25, -0.2) is 14.8 Å². The van der Waals surface area contributed by atoms with E-state index in [0.717, 1.165) is 32.7 Å². The number of carboxylic acids is 1. The van der Waals surface area contributed by atoms with Gasteiger partial charge in [-0.1, -0.05) is 36.4 Å². The zero-order chi connectivity index (χ0) is 20.6. The fourth-order valence-corrected chi connectivity index (χ4v) is 4.29. The van der Waals surface area contributed by atoms with Crippen LogP contribution in [-0.4, -0.2) is 21.0 Å². The van der Waals surface area contributed by atoms with Crippen molar-refractivity contribution in [3.8, 4) is 11.3 Å². The van der Waals surface area contributed by atoms with Gasteiger partial charge in [0.05, 0.1) is 11.3 Å². The molecule has 29 heavy (non-hydrogen) atoms. The summed E-state index contributed by atoms with van der Waals surface area (Å²) in [6.45, 7) is 0. The number of alkyl halides is 3. The van der Waals surface area contributed by atoms with E-state index in [-0.39, 0.29) is 5.82 Å². The second-order valence-electron chi connectivity index (χ2n) is 6.38. The van der Waals surface area contributed by atoms with E-state index >= 15 is 0 Å². The second kappa shape index (κ2) is 7.29. The molecule has 8 heteroatoms. The van der Waals surface area contributed by atoms with Crippen molar-refractivity contribution in [3.63, 3.8) is 0 Å². The predicted octanol–water partition coefficient (Wildman–Crippen LogP) is 5.67. The summed E-state index contributed by atoms with van der Waals surface area (Å²) in [7, 11) is 0. The third-order valence-corrected chi connectivity index (χ3v) is 5.53. The lowest BCUT2D eigenvalue weighted by Gasteiger charge is -2.08. The summed E-state index contributed by atoms with van der Waals surface area (Å²) in [6.07, 6.45) is -2.62. The molecule has 4 rings (SSSR count). The van der Waals surface area contributed by atoms with Crippen molar-refractivity contribution >= 4 is 27.4 Å². The van der Waals surface area contributed by atoms with E-state index in [1.165, 1.54) is 23.6 Å². The highest BCUT2D eigenvalue weighted by molar-refractivity contribution is 7.19. The van der Waals surface area contributed by atoms with Crippen molar-refractivity contribution in [3.05, 3.63) is 82.6 Å². The minimum Gasteiger partial charge on any atom is -0.475 e. The number of halogens is 3. The van der Waals surface area contributed by atoms with Gasteiger partial charge < -0.3 is 5.11 Å². The van der Waals surface area contributed by atoms with Gasteiger partial charge in [0.15, 0.2) is 0 Å². The first-order chi connectivity index (χ1) is 13.8. The van der Waals surface area contributed by atoms with Gasteiger partial charge in [0.2, 0.25) is 5.82 Å². The van der Waals surface area contributed by atoms with Gasteiger partial charge in [0, 0.05) is 27.8 Å². The van der Waals surface area contributed by atoms with Crippen LogP contribution in [0.25, 0.3) is 21.3 Å². The Hall–Kier alpha value is -3.26. The summed E-state index contributed by atoms with van der Waals surface area (Å²) in [5.41, 5.74) is 1.14. The molecule has 0 saturated carbocycles. The van der Waals surface area contributed by atoms with E-state index in [4.69, 9.17) is 5.11 Å². The predicted molar refractivity (Wildman–Crippen MR) is 104 cm³/mol. The summed E-state index contributed by atoms with van der Waals surface area (Å²) < 4.78 is 39.8. The average molecular weight is 414 g/mol. The van der Waals surface area contributed by atoms with E-state index in [1.54, 1.807) is 12.1 Å². The standard InChI is InChI=1S/C21H13F3N2O2S/c22-21(23,24)14-5-1-3-12(9-14)10-15-11-13-4-2-6-16(18(13)29-15)17-7-8-25-19(26-17)20(27)28/h1-9,11H,10H2,(H,27,28). The lowest BCUT2D eigenvalue weighted by Crippen LogP contribution is -2.05. The normalized spacial score (nSPS) is 11.7. The Labute approximate surface area is 167 Å². The minimum absolute atomic E-state index is 0.291. The van der Waals surface area contributed by atoms with Crippen LogP contribution in [0.5, 0.6) is 0 Å². The van der Waals surface area contributed by atoms with E-state index < -0.39 is 17.7 Å². The lowest BCUT2D eigenvalue weighted by atomic mass is 10.1. The number of thiophene rings is 1. The average Bonchev–Trinajstić information content (AvgIpc) is 3.10. The number of nitrogens with zero attached hydrogens (tertiary/aromatic N) is 2. The molecule has 4 nitrogen and oxygen atoms in total. The van der Waals surface area contributed by atoms with Gasteiger partial charge >= 0.3 is 12.1 Å². The molecule has 0 aliphatic heterocycles. The number of hydrogen-bond acceptors (Lipinski definition) is 4. The first-order valence-corrected chi connectivity index (χ1v) is 9.37. The highest BCUT2D eigenvalue weighted by Crippen LogP contribution is 2.36. The summed E-state index contributed by atoms with van der Waals surface area (Å²) in [4.78, 5) is 19.9. The van der Waals surface area contributed by atoms with Crippen molar-refractivity contribution in [2.24, 2.45) is 0 Å². The molecule has 0 spiro atoms. The number of benzene rings is 2. The Kier molecular flexibility index (Phi) is 4.79. The first kappa shape index (κ1) is 19.1. The largest absolute Gasteiger partial charge is 0.475 e. The molecule has 0 unspecified atom stereocenters. The number of carbonyl (C=O) groups is 1. The molecule has 0 bridgehead atoms. The molecular formula is C21H13F3N2O2S. The maximum atomic E-state index is 13.0. The number of aromatic carboxylic acids is 1. The van der Waals surface area contributed by atoms with Gasteiger partial charge in [0.25, 0.3) is 0 Å². The number of rotatable bonds is 4. The molecule has 0 saturated heterocycles. The number of aromatic nitrogens is 2. The molecule has 0 aliphatic carbocycles. The number of hydrogen-bond donors (Lipinski definition) is 1. The third-order valence-electron chi connectivity index (χ3n) is 4.35. The molecule has 2 aromatic heterocycles. The van der Waals surface area contributed by atoms with Gasteiger partial charge in [-0.2, -0.15) is 13.2 Å². The maximum absolute atomic E-state index is 13.0. The van der Waals surface area contributed by atoms with E-state index in [0.29, 0.717) is 17.7 Å². The SMILES string of the molecule is O=C(O)c1nccc(-c2cccc3cc(Cc4cccc(C(F)(F)F)c4)sc23)n1. The van der Waals surface area contributed by atoms with Gasteiger partial charge in [0.1, 0.15) is 0 Å². The van der Waals surface area contributed by atoms with Crippen molar-refractivity contribution in [1.82, 2.24) is 9.97 Å². The van der Waals surface area contributed by atoms with Crippen molar-refractivity contribution in [2.75, 3.05) is 0 Å². The van der Waals surface area contributed by atoms with Crippen LogP contribution in [0.4, 0.5) is 13.2 Å². The van der Waals surface area contributed by atoms with Crippen LogP contribution in [0.15, 0.2) is 60.8 Å². The quantitative estimate of drug-likeness (QED) is 0.468. The van der Waals surface area contributed by atoms with Crippen LogP contribution in [0.1, 0.15) is 26.6 Å². The minimum atomic E-state index is -4.38. The number of fused-ring (bicyclic) bond motifs is 1. The van der Waals surface area contributed by atoms with Gasteiger partial charge in [-0.05, 0) is 29.1 Å². The Balaban J connectivity index is 1.72.